The van der Waals surface area contributed by atoms with Gasteiger partial charge in [-0.3, -0.25) is 4.57 Å². The highest BCUT2D eigenvalue weighted by atomic mass is 31.2. The fourth-order valence-corrected chi connectivity index (χ4v) is 5.72. The summed E-state index contributed by atoms with van der Waals surface area (Å²) < 4.78 is 149. The van der Waals surface area contributed by atoms with Crippen molar-refractivity contribution >= 4 is 7.67 Å². The molecule has 2 fully saturated rings. The average Bonchev–Trinajstić information content (AvgIpc) is 2.76. The van der Waals surface area contributed by atoms with E-state index in [-0.39, 0.29) is 19.4 Å². The number of hydrogen-bond acceptors (Lipinski definition) is 4. The average molecular weight is 524 g/mol. The van der Waals surface area contributed by atoms with E-state index in [4.69, 9.17) is 14.0 Å². The molecule has 196 valence electrons. The molecule has 2 aliphatic heterocycles. The van der Waals surface area contributed by atoms with Crippen LogP contribution in [0.5, 0.6) is 0 Å². The summed E-state index contributed by atoms with van der Waals surface area (Å²) in [5.74, 6) is -19.1. The number of hydrogen-bond donors (Lipinski definition) is 0. The predicted molar refractivity (Wildman–Crippen MR) is 97.7 cm³/mol. The third kappa shape index (κ3) is 6.35. The van der Waals surface area contributed by atoms with Crippen LogP contribution in [0.1, 0.15) is 25.7 Å². The van der Waals surface area contributed by atoms with Gasteiger partial charge >= 0.3 is 31.6 Å². The first-order valence-electron chi connectivity index (χ1n) is 10.3. The second kappa shape index (κ2) is 11.0. The lowest BCUT2D eigenvalue weighted by Gasteiger charge is -2.41. The lowest BCUT2D eigenvalue weighted by atomic mass is 9.98. The molecule has 0 amide bonds. The SMILES string of the molecule is O=P(OCCCCCC(F)(F)C(F)(F)C(F)(F)C(F)(F)F)(N1CCOCC1)N1CCOCC1. The standard InChI is InChI=1S/C17H26F9N2O4P/c18-14(19,15(20,21)16(22,23)17(24,25)26)4-2-1-3-9-32-33(29,27-5-10-30-11-6-27)28-7-12-31-13-8-28/h1-13H2. The Bertz CT molecular complexity index is 647. The number of rotatable bonds is 11. The Hall–Kier alpha value is -0.600. The zero-order valence-electron chi connectivity index (χ0n) is 17.6. The molecule has 2 saturated heterocycles. The fourth-order valence-electron chi connectivity index (χ4n) is 3.33. The summed E-state index contributed by atoms with van der Waals surface area (Å²) >= 11 is 0. The van der Waals surface area contributed by atoms with Crippen molar-refractivity contribution in [3.63, 3.8) is 0 Å². The van der Waals surface area contributed by atoms with Gasteiger partial charge in [0.15, 0.2) is 0 Å². The van der Waals surface area contributed by atoms with E-state index in [1.54, 1.807) is 9.34 Å². The van der Waals surface area contributed by atoms with Crippen LogP contribution in [-0.4, -0.2) is 92.5 Å². The Morgan fingerprint density at radius 2 is 1.15 bits per heavy atom. The van der Waals surface area contributed by atoms with Crippen molar-refractivity contribution < 1.29 is 58.1 Å². The molecule has 0 bridgehead atoms. The second-order valence-corrected chi connectivity index (χ2v) is 9.99. The highest BCUT2D eigenvalue weighted by Gasteiger charge is 2.81. The van der Waals surface area contributed by atoms with Gasteiger partial charge in [-0.15, -0.1) is 0 Å². The van der Waals surface area contributed by atoms with Crippen LogP contribution in [0.2, 0.25) is 0 Å². The summed E-state index contributed by atoms with van der Waals surface area (Å²) in [4.78, 5) is 0. The second-order valence-electron chi connectivity index (χ2n) is 7.62. The van der Waals surface area contributed by atoms with E-state index in [1.807, 2.05) is 0 Å². The van der Waals surface area contributed by atoms with Gasteiger partial charge in [0.05, 0.1) is 33.0 Å². The van der Waals surface area contributed by atoms with Crippen molar-refractivity contribution in [2.24, 2.45) is 0 Å². The van der Waals surface area contributed by atoms with Crippen molar-refractivity contribution in [2.75, 3.05) is 59.2 Å². The molecule has 0 aromatic rings. The van der Waals surface area contributed by atoms with Gasteiger partial charge in [-0.1, -0.05) is 6.42 Å². The third-order valence-electron chi connectivity index (χ3n) is 5.29. The zero-order valence-corrected chi connectivity index (χ0v) is 18.5. The fraction of sp³-hybridized carbons (Fsp3) is 1.00. The van der Waals surface area contributed by atoms with Crippen molar-refractivity contribution in [2.45, 2.75) is 49.6 Å². The summed E-state index contributed by atoms with van der Waals surface area (Å²) in [7, 11) is -3.50. The molecule has 2 rings (SSSR count). The van der Waals surface area contributed by atoms with Gasteiger partial charge in [-0.2, -0.15) is 39.5 Å². The number of halogens is 9. The van der Waals surface area contributed by atoms with Crippen LogP contribution in [0.4, 0.5) is 39.5 Å². The summed E-state index contributed by atoms with van der Waals surface area (Å²) in [5, 5.41) is 0. The van der Waals surface area contributed by atoms with Crippen molar-refractivity contribution in [1.82, 2.24) is 9.34 Å². The van der Waals surface area contributed by atoms with E-state index < -0.39 is 44.5 Å². The molecule has 0 aromatic carbocycles. The molecule has 16 heteroatoms. The van der Waals surface area contributed by atoms with Crippen molar-refractivity contribution in [1.29, 1.82) is 0 Å². The minimum Gasteiger partial charge on any atom is -0.379 e. The van der Waals surface area contributed by atoms with Gasteiger partial charge < -0.3 is 14.0 Å². The zero-order chi connectivity index (χ0) is 25.0. The van der Waals surface area contributed by atoms with Crippen LogP contribution in [0.25, 0.3) is 0 Å². The quantitative estimate of drug-likeness (QED) is 0.220. The minimum atomic E-state index is -6.88. The first-order chi connectivity index (χ1) is 15.2. The van der Waals surface area contributed by atoms with Crippen molar-refractivity contribution in [3.8, 4) is 0 Å². The van der Waals surface area contributed by atoms with E-state index in [2.05, 4.69) is 0 Å². The van der Waals surface area contributed by atoms with Gasteiger partial charge in [0.25, 0.3) is 0 Å². The van der Waals surface area contributed by atoms with Crippen LogP contribution >= 0.6 is 7.67 Å². The molecule has 6 nitrogen and oxygen atoms in total. The number of morpholine rings is 2. The molecule has 0 radical (unpaired) electrons. The molecule has 33 heavy (non-hydrogen) atoms. The van der Waals surface area contributed by atoms with E-state index in [9.17, 15) is 44.1 Å². The maximum Gasteiger partial charge on any atom is 0.460 e. The van der Waals surface area contributed by atoms with Crippen LogP contribution < -0.4 is 0 Å². The molecular weight excluding hydrogens is 498 g/mol. The lowest BCUT2D eigenvalue weighted by molar-refractivity contribution is -0.396. The smallest absolute Gasteiger partial charge is 0.379 e. The molecule has 0 atom stereocenters. The van der Waals surface area contributed by atoms with Crippen molar-refractivity contribution in [3.05, 3.63) is 0 Å². The number of alkyl halides is 9. The van der Waals surface area contributed by atoms with Crippen LogP contribution in [0.3, 0.4) is 0 Å². The van der Waals surface area contributed by atoms with Gasteiger partial charge in [-0.05, 0) is 12.8 Å². The van der Waals surface area contributed by atoms with E-state index >= 15 is 0 Å². The number of ether oxygens (including phenoxy) is 2. The van der Waals surface area contributed by atoms with Gasteiger partial charge in [0, 0.05) is 32.6 Å². The van der Waals surface area contributed by atoms with Gasteiger partial charge in [0.2, 0.25) is 0 Å². The number of unbranched alkanes of at least 4 members (excludes halogenated alkanes) is 2. The Labute approximate surface area is 184 Å². The lowest BCUT2D eigenvalue weighted by Crippen LogP contribution is -2.60. The molecular formula is C17H26F9N2O4P. The Kier molecular flexibility index (Phi) is 9.53. The molecule has 2 heterocycles. The third-order valence-corrected chi connectivity index (χ3v) is 8.04. The topological polar surface area (TPSA) is 51.2 Å². The molecule has 0 saturated carbocycles. The maximum absolute atomic E-state index is 13.6. The molecule has 0 unspecified atom stereocenters. The highest BCUT2D eigenvalue weighted by Crippen LogP contribution is 2.56. The molecule has 2 aliphatic rings. The largest absolute Gasteiger partial charge is 0.460 e. The predicted octanol–water partition coefficient (Wildman–Crippen LogP) is 4.80. The summed E-state index contributed by atoms with van der Waals surface area (Å²) in [6.45, 7) is 2.37. The highest BCUT2D eigenvalue weighted by molar-refractivity contribution is 7.54. The Balaban J connectivity index is 1.88. The maximum atomic E-state index is 13.6. The summed E-state index contributed by atoms with van der Waals surface area (Å²) in [6.07, 6.45) is -9.76. The number of nitrogens with zero attached hydrogens (tertiary/aromatic N) is 2. The normalized spacial score (nSPS) is 20.9. The molecule has 0 spiro atoms. The first kappa shape index (κ1) is 28.6. The first-order valence-corrected chi connectivity index (χ1v) is 11.8. The summed E-state index contributed by atoms with van der Waals surface area (Å²) in [6, 6.07) is 0. The van der Waals surface area contributed by atoms with Gasteiger partial charge in [0.1, 0.15) is 0 Å². The van der Waals surface area contributed by atoms with E-state index in [1.165, 1.54) is 0 Å². The molecule has 0 aromatic heterocycles. The van der Waals surface area contributed by atoms with Crippen LogP contribution in [0.15, 0.2) is 0 Å². The van der Waals surface area contributed by atoms with E-state index in [0.29, 0.717) is 52.6 Å². The Morgan fingerprint density at radius 1 is 0.697 bits per heavy atom. The van der Waals surface area contributed by atoms with Crippen LogP contribution in [-0.2, 0) is 18.6 Å². The molecule has 0 aliphatic carbocycles. The Morgan fingerprint density at radius 3 is 1.58 bits per heavy atom. The van der Waals surface area contributed by atoms with Gasteiger partial charge in [-0.25, -0.2) is 9.34 Å². The minimum absolute atomic E-state index is 0.0456. The van der Waals surface area contributed by atoms with E-state index in [0.717, 1.165) is 0 Å². The molecule has 0 N–H and O–H groups in total. The van der Waals surface area contributed by atoms with Crippen LogP contribution in [0, 0.1) is 0 Å². The summed E-state index contributed by atoms with van der Waals surface area (Å²) in [5.41, 5.74) is 0. The monoisotopic (exact) mass is 524 g/mol.